The lowest BCUT2D eigenvalue weighted by Crippen LogP contribution is -2.06. The van der Waals surface area contributed by atoms with Crippen LogP contribution < -0.4 is 4.74 Å². The maximum absolute atomic E-state index is 12.3. The van der Waals surface area contributed by atoms with Gasteiger partial charge >= 0.3 is 0 Å². The first-order chi connectivity index (χ1) is 12.2. The van der Waals surface area contributed by atoms with Crippen molar-refractivity contribution in [1.29, 1.82) is 0 Å². The van der Waals surface area contributed by atoms with Crippen LogP contribution >= 0.6 is 0 Å². The zero-order valence-corrected chi connectivity index (χ0v) is 14.0. The number of carbonyl (C=O) groups is 1. The van der Waals surface area contributed by atoms with Gasteiger partial charge in [0.15, 0.2) is 5.78 Å². The lowest BCUT2D eigenvalue weighted by molar-refractivity contribution is 0.104. The summed E-state index contributed by atoms with van der Waals surface area (Å²) in [5, 5.41) is 2.34. The number of ether oxygens (including phenoxy) is 1. The minimum Gasteiger partial charge on any atom is -0.488 e. The number of hydrogen-bond donors (Lipinski definition) is 0. The average Bonchev–Trinajstić information content (AvgIpc) is 2.66. The summed E-state index contributed by atoms with van der Waals surface area (Å²) >= 11 is 0. The lowest BCUT2D eigenvalue weighted by Gasteiger charge is -2.18. The van der Waals surface area contributed by atoms with Crippen LogP contribution in [-0.4, -0.2) is 12.4 Å². The van der Waals surface area contributed by atoms with Crippen molar-refractivity contribution in [3.8, 4) is 5.75 Å². The zero-order chi connectivity index (χ0) is 17.2. The first kappa shape index (κ1) is 15.4. The van der Waals surface area contributed by atoms with E-state index in [0.717, 1.165) is 27.8 Å². The van der Waals surface area contributed by atoms with E-state index in [1.165, 1.54) is 5.39 Å². The van der Waals surface area contributed by atoms with Gasteiger partial charge in [0.1, 0.15) is 12.4 Å². The van der Waals surface area contributed by atoms with E-state index in [2.05, 4.69) is 24.3 Å². The molecule has 3 aromatic rings. The third-order valence-electron chi connectivity index (χ3n) is 4.44. The number of hydrogen-bond acceptors (Lipinski definition) is 2. The maximum atomic E-state index is 12.3. The van der Waals surface area contributed by atoms with E-state index in [0.29, 0.717) is 12.2 Å². The van der Waals surface area contributed by atoms with E-state index in [4.69, 9.17) is 4.74 Å². The quantitative estimate of drug-likeness (QED) is 0.478. The summed E-state index contributed by atoms with van der Waals surface area (Å²) in [6.45, 7) is 2.49. The van der Waals surface area contributed by atoms with Gasteiger partial charge in [-0.1, -0.05) is 66.2 Å². The Hall–Kier alpha value is -3.13. The van der Waals surface area contributed by atoms with E-state index < -0.39 is 0 Å². The molecule has 0 aromatic heterocycles. The highest BCUT2D eigenvalue weighted by atomic mass is 16.5. The third kappa shape index (κ3) is 3.11. The molecule has 0 saturated carbocycles. The predicted molar refractivity (Wildman–Crippen MR) is 102 cm³/mol. The van der Waals surface area contributed by atoms with Gasteiger partial charge in [-0.3, -0.25) is 4.79 Å². The molecule has 0 bridgehead atoms. The van der Waals surface area contributed by atoms with Gasteiger partial charge in [-0.15, -0.1) is 0 Å². The molecule has 2 nitrogen and oxygen atoms in total. The topological polar surface area (TPSA) is 26.3 Å². The van der Waals surface area contributed by atoms with Crippen LogP contribution in [0.4, 0.5) is 0 Å². The van der Waals surface area contributed by atoms with Crippen molar-refractivity contribution in [3.63, 3.8) is 0 Å². The Morgan fingerprint density at radius 2 is 1.80 bits per heavy atom. The van der Waals surface area contributed by atoms with Crippen LogP contribution in [0.25, 0.3) is 16.8 Å². The van der Waals surface area contributed by atoms with Crippen LogP contribution in [0.1, 0.15) is 21.5 Å². The summed E-state index contributed by atoms with van der Waals surface area (Å²) in [6.07, 6.45) is 5.59. The van der Waals surface area contributed by atoms with Crippen molar-refractivity contribution in [1.82, 2.24) is 0 Å². The van der Waals surface area contributed by atoms with Crippen molar-refractivity contribution >= 4 is 22.6 Å². The van der Waals surface area contributed by atoms with Crippen LogP contribution in [0.5, 0.6) is 5.75 Å². The lowest BCUT2D eigenvalue weighted by atomic mass is 9.99. The van der Waals surface area contributed by atoms with Gasteiger partial charge in [0.05, 0.1) is 0 Å². The molecule has 4 rings (SSSR count). The summed E-state index contributed by atoms with van der Waals surface area (Å²) < 4.78 is 5.87. The van der Waals surface area contributed by atoms with Gasteiger partial charge in [0.2, 0.25) is 0 Å². The van der Waals surface area contributed by atoms with E-state index in [-0.39, 0.29) is 5.78 Å². The number of ketones is 1. The average molecular weight is 326 g/mol. The largest absolute Gasteiger partial charge is 0.488 e. The SMILES string of the molecule is Cc1ccc(C(=O)/C=C/C2=Cc3c(ccc4ccccc34)OC2)cc1. The van der Waals surface area contributed by atoms with Crippen molar-refractivity contribution in [2.75, 3.05) is 6.61 Å². The van der Waals surface area contributed by atoms with Crippen molar-refractivity contribution in [2.24, 2.45) is 0 Å². The molecule has 2 heteroatoms. The second-order valence-electron chi connectivity index (χ2n) is 6.27. The van der Waals surface area contributed by atoms with E-state index in [1.807, 2.05) is 55.5 Å². The van der Waals surface area contributed by atoms with Crippen LogP contribution in [0, 0.1) is 6.92 Å². The Morgan fingerprint density at radius 3 is 2.64 bits per heavy atom. The highest BCUT2D eigenvalue weighted by molar-refractivity contribution is 6.05. The first-order valence-corrected chi connectivity index (χ1v) is 8.35. The minimum atomic E-state index is 0.00427. The summed E-state index contributed by atoms with van der Waals surface area (Å²) in [5.74, 6) is 0.894. The van der Waals surface area contributed by atoms with Crippen molar-refractivity contribution in [3.05, 3.63) is 95.1 Å². The smallest absolute Gasteiger partial charge is 0.185 e. The summed E-state index contributed by atoms with van der Waals surface area (Å²) in [7, 11) is 0. The molecule has 0 spiro atoms. The molecule has 25 heavy (non-hydrogen) atoms. The molecule has 1 heterocycles. The molecule has 1 aliphatic rings. The molecule has 0 saturated heterocycles. The van der Waals surface area contributed by atoms with E-state index >= 15 is 0 Å². The van der Waals surface area contributed by atoms with Crippen molar-refractivity contribution < 1.29 is 9.53 Å². The predicted octanol–water partition coefficient (Wildman–Crippen LogP) is 5.36. The Balaban J connectivity index is 1.64. The molecule has 122 valence electrons. The molecule has 0 atom stereocenters. The van der Waals surface area contributed by atoms with Crippen LogP contribution in [-0.2, 0) is 0 Å². The monoisotopic (exact) mass is 326 g/mol. The number of fused-ring (bicyclic) bond motifs is 3. The Bertz CT molecular complexity index is 1010. The number of benzene rings is 3. The van der Waals surface area contributed by atoms with E-state index in [9.17, 15) is 4.79 Å². The molecular weight excluding hydrogens is 308 g/mol. The Morgan fingerprint density at radius 1 is 1.00 bits per heavy atom. The highest BCUT2D eigenvalue weighted by Gasteiger charge is 2.13. The van der Waals surface area contributed by atoms with Gasteiger partial charge in [0.25, 0.3) is 0 Å². The van der Waals surface area contributed by atoms with Crippen molar-refractivity contribution in [2.45, 2.75) is 6.92 Å². The summed E-state index contributed by atoms with van der Waals surface area (Å²) in [4.78, 5) is 12.3. The number of rotatable bonds is 3. The molecule has 0 amide bonds. The molecular formula is C23H18O2. The molecule has 3 aromatic carbocycles. The number of allylic oxidation sites excluding steroid dienone is 1. The first-order valence-electron chi connectivity index (χ1n) is 8.35. The third-order valence-corrected chi connectivity index (χ3v) is 4.44. The fraction of sp³-hybridized carbons (Fsp3) is 0.0870. The molecule has 1 aliphatic heterocycles. The second kappa shape index (κ2) is 6.40. The van der Waals surface area contributed by atoms with Gasteiger partial charge in [0, 0.05) is 11.1 Å². The Labute approximate surface area is 147 Å². The molecule has 0 radical (unpaired) electrons. The van der Waals surface area contributed by atoms with E-state index in [1.54, 1.807) is 6.08 Å². The van der Waals surface area contributed by atoms with Crippen LogP contribution in [0.2, 0.25) is 0 Å². The summed E-state index contributed by atoms with van der Waals surface area (Å²) in [6, 6.07) is 19.9. The standard InChI is InChI=1S/C23H18O2/c1-16-6-9-19(10-7-16)22(24)12-8-17-14-21-20-5-3-2-4-18(20)11-13-23(21)25-15-17/h2-14H,15H2,1H3/b12-8+. The van der Waals surface area contributed by atoms with Gasteiger partial charge in [-0.25, -0.2) is 0 Å². The fourth-order valence-electron chi connectivity index (χ4n) is 3.03. The molecule has 0 fully saturated rings. The van der Waals surface area contributed by atoms with Gasteiger partial charge < -0.3 is 4.74 Å². The highest BCUT2D eigenvalue weighted by Crippen LogP contribution is 2.33. The molecule has 0 aliphatic carbocycles. The minimum absolute atomic E-state index is 0.00427. The Kier molecular flexibility index (Phi) is 3.95. The zero-order valence-electron chi connectivity index (χ0n) is 14.0. The molecule has 0 N–H and O–H groups in total. The van der Waals surface area contributed by atoms with Gasteiger partial charge in [-0.2, -0.15) is 0 Å². The maximum Gasteiger partial charge on any atom is 0.185 e. The fourth-order valence-corrected chi connectivity index (χ4v) is 3.03. The van der Waals surface area contributed by atoms with Gasteiger partial charge in [-0.05, 0) is 41.5 Å². The summed E-state index contributed by atoms with van der Waals surface area (Å²) in [5.41, 5.74) is 3.91. The second-order valence-corrected chi connectivity index (χ2v) is 6.27. The number of carbonyl (C=O) groups excluding carboxylic acids is 1. The van der Waals surface area contributed by atoms with Crippen LogP contribution in [0.15, 0.2) is 78.4 Å². The van der Waals surface area contributed by atoms with Crippen LogP contribution in [0.3, 0.4) is 0 Å². The number of aryl methyl sites for hydroxylation is 1. The normalized spacial score (nSPS) is 13.4. The molecule has 0 unspecified atom stereocenters.